The van der Waals surface area contributed by atoms with Crippen LogP contribution in [0, 0.1) is 0 Å². The van der Waals surface area contributed by atoms with Gasteiger partial charge in [-0.05, 0) is 33.4 Å². The third-order valence-corrected chi connectivity index (χ3v) is 2.47. The van der Waals surface area contributed by atoms with E-state index < -0.39 is 0 Å². The first-order chi connectivity index (χ1) is 6.06. The summed E-state index contributed by atoms with van der Waals surface area (Å²) in [5, 5.41) is 12.6. The topological polar surface area (TPSA) is 32.3 Å². The number of hydrogen-bond acceptors (Lipinski definition) is 2. The molecule has 1 atom stereocenters. The summed E-state index contributed by atoms with van der Waals surface area (Å²) in [6.45, 7) is 5.86. The molecule has 0 radical (unpaired) electrons. The number of aliphatic hydroxyl groups excluding tert-OH is 1. The van der Waals surface area contributed by atoms with Gasteiger partial charge >= 0.3 is 0 Å². The Morgan fingerprint density at radius 1 is 1.38 bits per heavy atom. The van der Waals surface area contributed by atoms with E-state index in [-0.39, 0.29) is 6.04 Å². The number of likely N-dealkylation sites (N-methyl/N-ethyl adjacent to an activating group) is 1. The Hall–Kier alpha value is -1.02. The Kier molecular flexibility index (Phi) is 2.94. The first kappa shape index (κ1) is 10.1. The molecule has 13 heavy (non-hydrogen) atoms. The van der Waals surface area contributed by atoms with Crippen LogP contribution in [0.1, 0.15) is 20.8 Å². The lowest BCUT2D eigenvalue weighted by Gasteiger charge is -2.21. The second-order valence-corrected chi connectivity index (χ2v) is 3.48. The minimum Gasteiger partial charge on any atom is -0.512 e. The van der Waals surface area contributed by atoms with E-state index >= 15 is 0 Å². The van der Waals surface area contributed by atoms with E-state index in [2.05, 4.69) is 25.2 Å². The highest BCUT2D eigenvalue weighted by Gasteiger charge is 2.15. The smallest absolute Gasteiger partial charge is 0.0942 e. The van der Waals surface area contributed by atoms with Crippen LogP contribution in [-0.4, -0.2) is 18.2 Å². The fourth-order valence-electron chi connectivity index (χ4n) is 1.48. The molecule has 2 heteroatoms. The van der Waals surface area contributed by atoms with Gasteiger partial charge in [0.2, 0.25) is 0 Å². The van der Waals surface area contributed by atoms with Crippen molar-refractivity contribution in [2.45, 2.75) is 26.8 Å². The maximum Gasteiger partial charge on any atom is 0.0942 e. The molecule has 0 aliphatic heterocycles. The Morgan fingerprint density at radius 3 is 2.46 bits per heavy atom. The normalized spacial score (nSPS) is 26.6. The summed E-state index contributed by atoms with van der Waals surface area (Å²) in [4.78, 5) is 0. The van der Waals surface area contributed by atoms with Gasteiger partial charge in [0.05, 0.1) is 11.8 Å². The molecule has 1 unspecified atom stereocenters. The third kappa shape index (κ3) is 2.01. The maximum atomic E-state index is 9.45. The van der Waals surface area contributed by atoms with Crippen molar-refractivity contribution in [1.82, 2.24) is 5.32 Å². The summed E-state index contributed by atoms with van der Waals surface area (Å²) in [5.74, 6) is 0.391. The fourth-order valence-corrected chi connectivity index (χ4v) is 1.48. The standard InChI is InChI=1S/C11H17NO/c1-7-5-10(9(3)13)11(12-4)6-8(7)2/h5-6,11-13H,1-4H3/b10-9-. The first-order valence-corrected chi connectivity index (χ1v) is 4.50. The zero-order valence-electron chi connectivity index (χ0n) is 8.68. The van der Waals surface area contributed by atoms with Crippen molar-refractivity contribution in [1.29, 1.82) is 0 Å². The zero-order valence-corrected chi connectivity index (χ0v) is 8.68. The summed E-state index contributed by atoms with van der Waals surface area (Å²) >= 11 is 0. The van der Waals surface area contributed by atoms with Gasteiger partial charge in [0, 0.05) is 5.57 Å². The van der Waals surface area contributed by atoms with Gasteiger partial charge in [-0.3, -0.25) is 0 Å². The summed E-state index contributed by atoms with van der Waals surface area (Å²) in [6.07, 6.45) is 4.16. The molecule has 0 bridgehead atoms. The Labute approximate surface area is 79.7 Å². The molecule has 72 valence electrons. The van der Waals surface area contributed by atoms with Crippen LogP contribution in [0.3, 0.4) is 0 Å². The molecule has 0 saturated heterocycles. The van der Waals surface area contributed by atoms with Crippen LogP contribution < -0.4 is 5.32 Å². The zero-order chi connectivity index (χ0) is 10.0. The van der Waals surface area contributed by atoms with Gasteiger partial charge in [0.25, 0.3) is 0 Å². The molecule has 2 N–H and O–H groups in total. The monoisotopic (exact) mass is 179 g/mol. The summed E-state index contributed by atoms with van der Waals surface area (Å²) in [7, 11) is 1.89. The lowest BCUT2D eigenvalue weighted by molar-refractivity contribution is 0.403. The van der Waals surface area contributed by atoms with Crippen molar-refractivity contribution in [3.05, 3.63) is 34.6 Å². The molecule has 0 spiro atoms. The molecule has 0 aromatic rings. The molecule has 0 aromatic heterocycles. The van der Waals surface area contributed by atoms with E-state index in [9.17, 15) is 5.11 Å². The predicted octanol–water partition coefficient (Wildman–Crippen LogP) is 2.31. The van der Waals surface area contributed by atoms with Crippen molar-refractivity contribution >= 4 is 0 Å². The molecule has 0 saturated carbocycles. The van der Waals surface area contributed by atoms with Crippen molar-refractivity contribution in [2.24, 2.45) is 0 Å². The Bertz CT molecular complexity index is 293. The van der Waals surface area contributed by atoms with Crippen LogP contribution in [-0.2, 0) is 0 Å². The van der Waals surface area contributed by atoms with Crippen LogP contribution in [0.4, 0.5) is 0 Å². The van der Waals surface area contributed by atoms with Gasteiger partial charge in [-0.1, -0.05) is 17.7 Å². The predicted molar refractivity (Wildman–Crippen MR) is 55.7 cm³/mol. The van der Waals surface area contributed by atoms with Gasteiger partial charge in [-0.15, -0.1) is 0 Å². The third-order valence-electron chi connectivity index (χ3n) is 2.47. The van der Waals surface area contributed by atoms with E-state index in [1.54, 1.807) is 6.92 Å². The molecule has 2 nitrogen and oxygen atoms in total. The number of allylic oxidation sites excluding steroid dienone is 3. The van der Waals surface area contributed by atoms with Gasteiger partial charge < -0.3 is 10.4 Å². The van der Waals surface area contributed by atoms with E-state index in [1.165, 1.54) is 11.1 Å². The number of aliphatic hydroxyl groups is 1. The fraction of sp³-hybridized carbons (Fsp3) is 0.455. The van der Waals surface area contributed by atoms with E-state index in [0.717, 1.165) is 5.57 Å². The molecular weight excluding hydrogens is 162 g/mol. The highest BCUT2D eigenvalue weighted by Crippen LogP contribution is 2.23. The van der Waals surface area contributed by atoms with E-state index in [0.29, 0.717) is 5.76 Å². The highest BCUT2D eigenvalue weighted by molar-refractivity contribution is 5.46. The largest absolute Gasteiger partial charge is 0.512 e. The lowest BCUT2D eigenvalue weighted by Crippen LogP contribution is -2.27. The molecule has 0 aromatic carbocycles. The van der Waals surface area contributed by atoms with E-state index in [1.807, 2.05) is 13.1 Å². The quantitative estimate of drug-likeness (QED) is 0.605. The van der Waals surface area contributed by atoms with E-state index in [4.69, 9.17) is 0 Å². The van der Waals surface area contributed by atoms with Gasteiger partial charge in [-0.2, -0.15) is 0 Å². The second kappa shape index (κ2) is 3.79. The summed E-state index contributed by atoms with van der Waals surface area (Å²) in [6, 6.07) is 0.147. The average molecular weight is 179 g/mol. The first-order valence-electron chi connectivity index (χ1n) is 4.50. The van der Waals surface area contributed by atoms with Crippen LogP contribution in [0.2, 0.25) is 0 Å². The van der Waals surface area contributed by atoms with Crippen molar-refractivity contribution < 1.29 is 5.11 Å². The molecule has 0 amide bonds. The molecule has 1 aliphatic carbocycles. The van der Waals surface area contributed by atoms with Gasteiger partial charge in [0.15, 0.2) is 0 Å². The molecule has 1 rings (SSSR count). The summed E-state index contributed by atoms with van der Waals surface area (Å²) in [5.41, 5.74) is 3.45. The maximum absolute atomic E-state index is 9.45. The minimum atomic E-state index is 0.147. The molecule has 0 heterocycles. The van der Waals surface area contributed by atoms with Crippen molar-refractivity contribution in [3.63, 3.8) is 0 Å². The average Bonchev–Trinajstić information content (AvgIpc) is 2.08. The van der Waals surface area contributed by atoms with Crippen LogP contribution >= 0.6 is 0 Å². The minimum absolute atomic E-state index is 0.147. The van der Waals surface area contributed by atoms with Gasteiger partial charge in [-0.25, -0.2) is 0 Å². The number of nitrogens with one attached hydrogen (secondary N) is 1. The SMILES string of the molecule is CNC1C=C(C)C(C)=C/C1=C(\C)O. The number of rotatable bonds is 1. The Balaban J connectivity index is 3.08. The van der Waals surface area contributed by atoms with Crippen LogP contribution in [0.5, 0.6) is 0 Å². The number of hydrogen-bond donors (Lipinski definition) is 2. The lowest BCUT2D eigenvalue weighted by atomic mass is 9.92. The van der Waals surface area contributed by atoms with Crippen molar-refractivity contribution in [2.75, 3.05) is 7.05 Å². The molecule has 1 aliphatic rings. The molecular formula is C11H17NO. The van der Waals surface area contributed by atoms with Crippen LogP contribution in [0.25, 0.3) is 0 Å². The summed E-state index contributed by atoms with van der Waals surface area (Å²) < 4.78 is 0. The van der Waals surface area contributed by atoms with Crippen LogP contribution in [0.15, 0.2) is 34.6 Å². The molecule has 0 fully saturated rings. The highest BCUT2D eigenvalue weighted by atomic mass is 16.3. The Morgan fingerprint density at radius 2 is 2.00 bits per heavy atom. The van der Waals surface area contributed by atoms with Crippen molar-refractivity contribution in [3.8, 4) is 0 Å². The van der Waals surface area contributed by atoms with Gasteiger partial charge in [0.1, 0.15) is 0 Å². The second-order valence-electron chi connectivity index (χ2n) is 3.48.